The van der Waals surface area contributed by atoms with Gasteiger partial charge in [0.1, 0.15) is 5.02 Å². The lowest BCUT2D eigenvalue weighted by Crippen LogP contribution is -1.91. The molecule has 0 aliphatic carbocycles. The van der Waals surface area contributed by atoms with E-state index in [1.54, 1.807) is 18.2 Å². The summed E-state index contributed by atoms with van der Waals surface area (Å²) in [7, 11) is 0. The maximum absolute atomic E-state index is 10.9. The van der Waals surface area contributed by atoms with E-state index in [9.17, 15) is 10.1 Å². The van der Waals surface area contributed by atoms with Crippen LogP contribution in [0.2, 0.25) is 20.1 Å². The number of hydrogen-bond donors (Lipinski definition) is 0. The highest BCUT2D eigenvalue weighted by atomic mass is 35.5. The van der Waals surface area contributed by atoms with E-state index in [1.165, 1.54) is 12.1 Å². The van der Waals surface area contributed by atoms with Gasteiger partial charge < -0.3 is 0 Å². The molecule has 0 amide bonds. The monoisotopic (exact) mass is 335 g/mol. The largest absolute Gasteiger partial charge is 0.288 e. The summed E-state index contributed by atoms with van der Waals surface area (Å²) in [4.78, 5) is 10.3. The smallest absolute Gasteiger partial charge is 0.258 e. The van der Waals surface area contributed by atoms with Crippen LogP contribution in [0.3, 0.4) is 0 Å². The predicted molar refractivity (Wildman–Crippen MR) is 78.6 cm³/mol. The first-order valence-corrected chi connectivity index (χ1v) is 6.51. The maximum Gasteiger partial charge on any atom is 0.288 e. The van der Waals surface area contributed by atoms with Crippen LogP contribution >= 0.6 is 46.4 Å². The first-order chi connectivity index (χ1) is 8.93. The quantitative estimate of drug-likeness (QED) is 0.390. The molecule has 19 heavy (non-hydrogen) atoms. The van der Waals surface area contributed by atoms with Crippen LogP contribution in [0.15, 0.2) is 30.3 Å². The molecule has 0 N–H and O–H groups in total. The standard InChI is InChI=1S/C12H5Cl4NO2/c13-8-5-4-7(11(15)12(8)16)6-2-1-3-9(10(6)14)17(18)19/h1-5H. The predicted octanol–water partition coefficient (Wildman–Crippen LogP) is 5.88. The number of nitro benzene ring substituents is 1. The summed E-state index contributed by atoms with van der Waals surface area (Å²) >= 11 is 23.9. The van der Waals surface area contributed by atoms with Crippen molar-refractivity contribution in [3.63, 3.8) is 0 Å². The van der Waals surface area contributed by atoms with Crippen molar-refractivity contribution in [2.75, 3.05) is 0 Å². The van der Waals surface area contributed by atoms with Crippen LogP contribution in [-0.2, 0) is 0 Å². The summed E-state index contributed by atoms with van der Waals surface area (Å²) in [6.45, 7) is 0. The van der Waals surface area contributed by atoms with Crippen molar-refractivity contribution in [2.45, 2.75) is 0 Å². The van der Waals surface area contributed by atoms with Crippen LogP contribution in [0.25, 0.3) is 11.1 Å². The summed E-state index contributed by atoms with van der Waals surface area (Å²) in [5.74, 6) is 0. The second kappa shape index (κ2) is 5.55. The summed E-state index contributed by atoms with van der Waals surface area (Å²) < 4.78 is 0. The van der Waals surface area contributed by atoms with Gasteiger partial charge in [0.05, 0.1) is 20.0 Å². The second-order valence-corrected chi connectivity index (χ2v) is 5.16. The Morgan fingerprint density at radius 1 is 0.842 bits per heavy atom. The molecule has 0 bridgehead atoms. The molecule has 0 saturated carbocycles. The molecule has 0 aliphatic heterocycles. The van der Waals surface area contributed by atoms with Gasteiger partial charge in [-0.05, 0) is 6.07 Å². The maximum atomic E-state index is 10.9. The van der Waals surface area contributed by atoms with Gasteiger partial charge in [0.2, 0.25) is 0 Å². The Bertz CT molecular complexity index is 673. The zero-order valence-corrected chi connectivity index (χ0v) is 12.2. The van der Waals surface area contributed by atoms with E-state index in [4.69, 9.17) is 46.4 Å². The minimum atomic E-state index is -0.558. The van der Waals surface area contributed by atoms with E-state index in [-0.39, 0.29) is 20.8 Å². The third-order valence-electron chi connectivity index (χ3n) is 2.50. The van der Waals surface area contributed by atoms with Gasteiger partial charge in [-0.3, -0.25) is 10.1 Å². The fraction of sp³-hybridized carbons (Fsp3) is 0. The number of halogens is 4. The van der Waals surface area contributed by atoms with Gasteiger partial charge in [0.15, 0.2) is 0 Å². The van der Waals surface area contributed by atoms with Crippen LogP contribution in [0.5, 0.6) is 0 Å². The van der Waals surface area contributed by atoms with Crippen molar-refractivity contribution >= 4 is 52.1 Å². The molecule has 7 heteroatoms. The summed E-state index contributed by atoms with van der Waals surface area (Å²) in [6, 6.07) is 7.64. The van der Waals surface area contributed by atoms with E-state index in [0.717, 1.165) is 0 Å². The molecule has 0 unspecified atom stereocenters. The van der Waals surface area contributed by atoms with E-state index in [2.05, 4.69) is 0 Å². The van der Waals surface area contributed by atoms with E-state index in [0.29, 0.717) is 16.1 Å². The van der Waals surface area contributed by atoms with Gasteiger partial charge in [-0.2, -0.15) is 0 Å². The highest BCUT2D eigenvalue weighted by molar-refractivity contribution is 6.49. The fourth-order valence-electron chi connectivity index (χ4n) is 1.60. The highest BCUT2D eigenvalue weighted by Gasteiger charge is 2.19. The summed E-state index contributed by atoms with van der Waals surface area (Å²) in [5.41, 5.74) is 0.727. The van der Waals surface area contributed by atoms with Gasteiger partial charge in [-0.15, -0.1) is 0 Å². The Labute approximate surface area is 128 Å². The van der Waals surface area contributed by atoms with Crippen LogP contribution < -0.4 is 0 Å². The molecule has 2 aromatic carbocycles. The molecule has 3 nitrogen and oxygen atoms in total. The Kier molecular flexibility index (Phi) is 4.21. The average Bonchev–Trinajstić information content (AvgIpc) is 2.37. The van der Waals surface area contributed by atoms with Gasteiger partial charge in [0.25, 0.3) is 5.69 Å². The SMILES string of the molecule is O=[N+]([O-])c1cccc(-c2ccc(Cl)c(Cl)c2Cl)c1Cl. The van der Waals surface area contributed by atoms with E-state index < -0.39 is 4.92 Å². The summed E-state index contributed by atoms with van der Waals surface area (Å²) in [6.07, 6.45) is 0. The zero-order valence-electron chi connectivity index (χ0n) is 9.16. The minimum Gasteiger partial charge on any atom is -0.258 e. The van der Waals surface area contributed by atoms with Crippen LogP contribution in [0.1, 0.15) is 0 Å². The molecule has 2 rings (SSSR count). The molecule has 0 saturated heterocycles. The normalized spacial score (nSPS) is 10.5. The van der Waals surface area contributed by atoms with Crippen LogP contribution in [0.4, 0.5) is 5.69 Å². The van der Waals surface area contributed by atoms with Crippen molar-refractivity contribution in [1.82, 2.24) is 0 Å². The number of rotatable bonds is 2. The van der Waals surface area contributed by atoms with Crippen molar-refractivity contribution in [2.24, 2.45) is 0 Å². The Morgan fingerprint density at radius 3 is 2.11 bits per heavy atom. The molecular formula is C12H5Cl4NO2. The molecule has 0 atom stereocenters. The first kappa shape index (κ1) is 14.4. The average molecular weight is 337 g/mol. The Balaban J connectivity index is 2.70. The number of hydrogen-bond acceptors (Lipinski definition) is 2. The third-order valence-corrected chi connectivity index (χ3v) is 4.19. The molecule has 0 aliphatic rings. The van der Waals surface area contributed by atoms with Crippen molar-refractivity contribution in [3.8, 4) is 11.1 Å². The lowest BCUT2D eigenvalue weighted by atomic mass is 10.0. The summed E-state index contributed by atoms with van der Waals surface area (Å²) in [5, 5.41) is 11.6. The van der Waals surface area contributed by atoms with Crippen molar-refractivity contribution in [1.29, 1.82) is 0 Å². The van der Waals surface area contributed by atoms with Gasteiger partial charge >= 0.3 is 0 Å². The Hall–Kier alpha value is -1.000. The lowest BCUT2D eigenvalue weighted by Gasteiger charge is -2.09. The fourth-order valence-corrected chi connectivity index (χ4v) is 2.54. The number of benzene rings is 2. The van der Waals surface area contributed by atoms with Crippen LogP contribution in [0, 0.1) is 10.1 Å². The lowest BCUT2D eigenvalue weighted by molar-refractivity contribution is -0.384. The first-order valence-electron chi connectivity index (χ1n) is 5.00. The number of nitro groups is 1. The van der Waals surface area contributed by atoms with E-state index >= 15 is 0 Å². The van der Waals surface area contributed by atoms with Crippen LogP contribution in [-0.4, -0.2) is 4.92 Å². The second-order valence-electron chi connectivity index (χ2n) is 3.62. The molecule has 0 heterocycles. The highest BCUT2D eigenvalue weighted by Crippen LogP contribution is 2.42. The molecule has 0 aromatic heterocycles. The molecule has 0 fully saturated rings. The molecule has 2 aromatic rings. The molecule has 0 spiro atoms. The van der Waals surface area contributed by atoms with Crippen molar-refractivity contribution in [3.05, 3.63) is 60.5 Å². The topological polar surface area (TPSA) is 43.1 Å². The molecule has 98 valence electrons. The third kappa shape index (κ3) is 2.65. The van der Waals surface area contributed by atoms with Gasteiger partial charge in [0, 0.05) is 17.2 Å². The molecular weight excluding hydrogens is 332 g/mol. The Morgan fingerprint density at radius 2 is 1.47 bits per heavy atom. The minimum absolute atomic E-state index is 0.00721. The van der Waals surface area contributed by atoms with Crippen molar-refractivity contribution < 1.29 is 4.92 Å². The zero-order chi connectivity index (χ0) is 14.2. The molecule has 0 radical (unpaired) electrons. The van der Waals surface area contributed by atoms with Gasteiger partial charge in [-0.25, -0.2) is 0 Å². The number of nitrogens with zero attached hydrogens (tertiary/aromatic N) is 1. The van der Waals surface area contributed by atoms with Gasteiger partial charge in [-0.1, -0.05) is 64.6 Å². The van der Waals surface area contributed by atoms with E-state index in [1.807, 2.05) is 0 Å².